The van der Waals surface area contributed by atoms with Crippen molar-refractivity contribution in [3.63, 3.8) is 0 Å². The topological polar surface area (TPSA) is 135 Å². The largest absolute Gasteiger partial charge is 0.385 e. The van der Waals surface area contributed by atoms with Crippen LogP contribution in [0.3, 0.4) is 0 Å². The summed E-state index contributed by atoms with van der Waals surface area (Å²) in [5.41, 5.74) is 2.07. The van der Waals surface area contributed by atoms with Gasteiger partial charge in [-0.25, -0.2) is 4.79 Å². The van der Waals surface area contributed by atoms with Crippen LogP contribution in [0.15, 0.2) is 46.0 Å². The maximum absolute atomic E-state index is 13.1. The lowest BCUT2D eigenvalue weighted by Gasteiger charge is -2.15. The van der Waals surface area contributed by atoms with Gasteiger partial charge in [-0.15, -0.1) is 0 Å². The number of carbonyl (C=O) groups excluding carboxylic acids is 2. The molecule has 3 aromatic rings. The molecule has 0 aliphatic heterocycles. The van der Waals surface area contributed by atoms with Gasteiger partial charge in [-0.2, -0.15) is 5.26 Å². The first-order valence-electron chi connectivity index (χ1n) is 12.5. The number of amides is 2. The predicted molar refractivity (Wildman–Crippen MR) is 146 cm³/mol. The molecule has 10 nitrogen and oxygen atoms in total. The summed E-state index contributed by atoms with van der Waals surface area (Å²) >= 11 is 0. The zero-order valence-electron chi connectivity index (χ0n) is 22.2. The number of methoxy groups -OCH3 is 1. The molecule has 0 aliphatic carbocycles. The average Bonchev–Trinajstić information content (AvgIpc) is 2.86. The average molecular weight is 520 g/mol. The normalized spacial score (nSPS) is 11.7. The zero-order chi connectivity index (χ0) is 27.8. The first kappa shape index (κ1) is 28.3. The van der Waals surface area contributed by atoms with Gasteiger partial charge in [-0.3, -0.25) is 23.5 Å². The molecule has 1 atom stereocenters. The lowest BCUT2D eigenvalue weighted by atomic mass is 10.0. The highest BCUT2D eigenvalue weighted by atomic mass is 16.5. The maximum atomic E-state index is 13.1. The molecule has 2 N–H and O–H groups in total. The second-order valence-electron chi connectivity index (χ2n) is 9.31. The monoisotopic (exact) mass is 519 g/mol. The molecule has 2 amide bonds. The molecule has 0 spiro atoms. The molecule has 3 rings (SSSR count). The fourth-order valence-corrected chi connectivity index (χ4v) is 4.37. The van der Waals surface area contributed by atoms with Gasteiger partial charge in [0.1, 0.15) is 0 Å². The third-order valence-electron chi connectivity index (χ3n) is 6.25. The SMILES string of the molecule is CCn1c(=O)n(CCCOC)c(=O)c2cc(NC(=O)CC(C)CC(=O)Nc3ccc(C#N)c(C)c3)ccc21. The number of aryl methyl sites for hydroxylation is 2. The molecule has 38 heavy (non-hydrogen) atoms. The first-order valence-corrected chi connectivity index (χ1v) is 12.5. The summed E-state index contributed by atoms with van der Waals surface area (Å²) in [6.07, 6.45) is 0.764. The Kier molecular flexibility index (Phi) is 9.57. The summed E-state index contributed by atoms with van der Waals surface area (Å²) in [6, 6.07) is 12.0. The van der Waals surface area contributed by atoms with E-state index in [1.807, 2.05) is 13.8 Å². The summed E-state index contributed by atoms with van der Waals surface area (Å²) in [7, 11) is 1.56. The molecule has 1 heterocycles. The Morgan fingerprint density at radius 2 is 1.66 bits per heavy atom. The van der Waals surface area contributed by atoms with Gasteiger partial charge in [0.2, 0.25) is 11.8 Å². The molecule has 0 bridgehead atoms. The summed E-state index contributed by atoms with van der Waals surface area (Å²) in [6.45, 7) is 6.50. The van der Waals surface area contributed by atoms with Gasteiger partial charge in [-0.1, -0.05) is 6.92 Å². The van der Waals surface area contributed by atoms with Crippen molar-refractivity contribution < 1.29 is 14.3 Å². The highest BCUT2D eigenvalue weighted by Gasteiger charge is 2.16. The third-order valence-corrected chi connectivity index (χ3v) is 6.25. The Labute approximate surface area is 220 Å². The van der Waals surface area contributed by atoms with Crippen LogP contribution in [0.2, 0.25) is 0 Å². The van der Waals surface area contributed by atoms with Crippen molar-refractivity contribution >= 4 is 34.1 Å². The lowest BCUT2D eigenvalue weighted by Crippen LogP contribution is -2.40. The van der Waals surface area contributed by atoms with E-state index in [0.717, 1.165) is 5.56 Å². The third kappa shape index (κ3) is 6.75. The van der Waals surface area contributed by atoms with E-state index in [-0.39, 0.29) is 42.8 Å². The molecule has 0 saturated heterocycles. The lowest BCUT2D eigenvalue weighted by molar-refractivity contribution is -0.118. The smallest absolute Gasteiger partial charge is 0.331 e. The quantitative estimate of drug-likeness (QED) is 0.373. The van der Waals surface area contributed by atoms with Crippen molar-refractivity contribution in [1.29, 1.82) is 5.26 Å². The predicted octanol–water partition coefficient (Wildman–Crippen LogP) is 3.39. The van der Waals surface area contributed by atoms with E-state index in [4.69, 9.17) is 10.00 Å². The number of hydrogen-bond acceptors (Lipinski definition) is 6. The van der Waals surface area contributed by atoms with E-state index in [9.17, 15) is 19.2 Å². The molecule has 200 valence electrons. The highest BCUT2D eigenvalue weighted by molar-refractivity contribution is 5.95. The van der Waals surface area contributed by atoms with Crippen LogP contribution in [-0.4, -0.2) is 34.7 Å². The van der Waals surface area contributed by atoms with Crippen LogP contribution in [0.5, 0.6) is 0 Å². The summed E-state index contributed by atoms with van der Waals surface area (Å²) in [5, 5.41) is 15.0. The number of aromatic nitrogens is 2. The highest BCUT2D eigenvalue weighted by Crippen LogP contribution is 2.19. The number of nitrogens with zero attached hydrogens (tertiary/aromatic N) is 3. The fraction of sp³-hybridized carbons (Fsp3) is 0.393. The summed E-state index contributed by atoms with van der Waals surface area (Å²) in [5.74, 6) is -0.756. The van der Waals surface area contributed by atoms with Crippen LogP contribution in [0.1, 0.15) is 44.2 Å². The van der Waals surface area contributed by atoms with Crippen molar-refractivity contribution in [2.75, 3.05) is 24.4 Å². The Hall–Kier alpha value is -4.23. The fourth-order valence-electron chi connectivity index (χ4n) is 4.37. The van der Waals surface area contributed by atoms with Gasteiger partial charge in [0, 0.05) is 51.0 Å². The number of hydrogen-bond donors (Lipinski definition) is 2. The molecule has 10 heteroatoms. The van der Waals surface area contributed by atoms with Crippen LogP contribution in [0.4, 0.5) is 11.4 Å². The van der Waals surface area contributed by atoms with E-state index in [2.05, 4.69) is 16.7 Å². The van der Waals surface area contributed by atoms with Crippen LogP contribution in [-0.2, 0) is 27.4 Å². The number of rotatable bonds is 11. The Bertz CT molecular complexity index is 1500. The van der Waals surface area contributed by atoms with Gasteiger partial charge < -0.3 is 15.4 Å². The van der Waals surface area contributed by atoms with Crippen molar-refractivity contribution in [2.24, 2.45) is 5.92 Å². The van der Waals surface area contributed by atoms with E-state index in [0.29, 0.717) is 47.4 Å². The molecule has 0 fully saturated rings. The summed E-state index contributed by atoms with van der Waals surface area (Å²) in [4.78, 5) is 51.1. The Morgan fingerprint density at radius 3 is 2.24 bits per heavy atom. The number of nitriles is 1. The van der Waals surface area contributed by atoms with E-state index in [1.54, 1.807) is 50.4 Å². The van der Waals surface area contributed by atoms with Crippen molar-refractivity contribution in [1.82, 2.24) is 9.13 Å². The minimum atomic E-state index is -0.412. The Balaban J connectivity index is 1.68. The first-order chi connectivity index (χ1) is 18.2. The van der Waals surface area contributed by atoms with Gasteiger partial charge >= 0.3 is 5.69 Å². The minimum absolute atomic E-state index is 0.105. The van der Waals surface area contributed by atoms with Crippen LogP contribution in [0, 0.1) is 24.2 Å². The van der Waals surface area contributed by atoms with Crippen LogP contribution < -0.4 is 21.9 Å². The van der Waals surface area contributed by atoms with Crippen molar-refractivity contribution in [2.45, 2.75) is 53.1 Å². The van der Waals surface area contributed by atoms with Crippen molar-refractivity contribution in [3.05, 3.63) is 68.4 Å². The number of benzene rings is 2. The molecule has 1 aromatic heterocycles. The van der Waals surface area contributed by atoms with Crippen LogP contribution >= 0.6 is 0 Å². The molecule has 1 unspecified atom stereocenters. The van der Waals surface area contributed by atoms with Gasteiger partial charge in [-0.05, 0) is 68.1 Å². The molecule has 0 saturated carbocycles. The number of nitrogens with one attached hydrogen (secondary N) is 2. The summed E-state index contributed by atoms with van der Waals surface area (Å²) < 4.78 is 7.78. The molecule has 0 aliphatic rings. The van der Waals surface area contributed by atoms with Gasteiger partial charge in [0.15, 0.2) is 0 Å². The number of anilines is 2. The van der Waals surface area contributed by atoms with Gasteiger partial charge in [0.05, 0.1) is 22.5 Å². The second kappa shape index (κ2) is 12.8. The van der Waals surface area contributed by atoms with E-state index >= 15 is 0 Å². The molecular formula is C28H33N5O5. The van der Waals surface area contributed by atoms with Gasteiger partial charge in [0.25, 0.3) is 5.56 Å². The second-order valence-corrected chi connectivity index (χ2v) is 9.31. The van der Waals surface area contributed by atoms with Crippen molar-refractivity contribution in [3.8, 4) is 6.07 Å². The van der Waals surface area contributed by atoms with E-state index < -0.39 is 5.56 Å². The standard InChI is InChI=1S/C28H33N5O5/c1-5-32-24-10-9-22(16-23(24)27(36)33(28(32)37)11-6-12-38-4)31-26(35)14-18(2)13-25(34)30-21-8-7-20(17-29)19(3)15-21/h7-10,15-16,18H,5-6,11-14H2,1-4H3,(H,30,34)(H,31,35). The number of carbonyl (C=O) groups is 2. The molecule has 2 aromatic carbocycles. The minimum Gasteiger partial charge on any atom is -0.385 e. The molecular weight excluding hydrogens is 486 g/mol. The Morgan fingerprint density at radius 1 is 1.03 bits per heavy atom. The number of fused-ring (bicyclic) bond motifs is 1. The van der Waals surface area contributed by atoms with E-state index in [1.165, 1.54) is 9.13 Å². The number of ether oxygens (including phenoxy) is 1. The zero-order valence-corrected chi connectivity index (χ0v) is 22.2. The maximum Gasteiger partial charge on any atom is 0.331 e. The molecule has 0 radical (unpaired) electrons. The van der Waals surface area contributed by atoms with Crippen LogP contribution in [0.25, 0.3) is 10.9 Å².